The second kappa shape index (κ2) is 11.9. The van der Waals surface area contributed by atoms with Crippen molar-refractivity contribution in [3.63, 3.8) is 0 Å². The average molecular weight is 482 g/mol. The van der Waals surface area contributed by atoms with Crippen LogP contribution in [-0.4, -0.2) is 41.0 Å². The predicted molar refractivity (Wildman–Crippen MR) is 139 cm³/mol. The standard InChI is InChI=1S/C28H39N3O4/c1-9-21(5)31(24(32)17-29-27(34)35-28(6,7)8)25(22-15-14-18(2)16-20(22)4)26(33)30-23-13-11-10-12-19(23)3/h10-16,21,25H,9,17H2,1-8H3,(H,29,34)(H,30,33). The van der Waals surface area contributed by atoms with Crippen molar-refractivity contribution in [3.05, 3.63) is 64.7 Å². The fraction of sp³-hybridized carbons (Fsp3) is 0.464. The Labute approximate surface area is 209 Å². The molecule has 0 aromatic heterocycles. The van der Waals surface area contributed by atoms with Crippen LogP contribution in [0.4, 0.5) is 10.5 Å². The predicted octanol–water partition coefficient (Wildman–Crippen LogP) is 5.44. The minimum atomic E-state index is -0.877. The Kier molecular flexibility index (Phi) is 9.46. The van der Waals surface area contributed by atoms with Crippen LogP contribution in [0.15, 0.2) is 42.5 Å². The highest BCUT2D eigenvalue weighted by Gasteiger charge is 2.35. The van der Waals surface area contributed by atoms with Crippen molar-refractivity contribution in [2.24, 2.45) is 0 Å². The van der Waals surface area contributed by atoms with E-state index in [0.29, 0.717) is 12.1 Å². The Bertz CT molecular complexity index is 1060. The largest absolute Gasteiger partial charge is 0.444 e. The Hall–Kier alpha value is -3.35. The molecular weight excluding hydrogens is 442 g/mol. The lowest BCUT2D eigenvalue weighted by Crippen LogP contribution is -2.50. The minimum absolute atomic E-state index is 0.253. The van der Waals surface area contributed by atoms with Crippen molar-refractivity contribution >= 4 is 23.6 Å². The lowest BCUT2D eigenvalue weighted by molar-refractivity contribution is -0.140. The maximum absolute atomic E-state index is 13.8. The first-order valence-corrected chi connectivity index (χ1v) is 12.1. The van der Waals surface area contributed by atoms with Gasteiger partial charge < -0.3 is 20.3 Å². The van der Waals surface area contributed by atoms with E-state index in [1.165, 1.54) is 0 Å². The van der Waals surface area contributed by atoms with Gasteiger partial charge in [-0.15, -0.1) is 0 Å². The average Bonchev–Trinajstić information content (AvgIpc) is 2.76. The number of nitrogens with zero attached hydrogens (tertiary/aromatic N) is 1. The molecule has 3 amide bonds. The number of alkyl carbamates (subject to hydrolysis) is 1. The van der Waals surface area contributed by atoms with Crippen LogP contribution in [0.5, 0.6) is 0 Å². The fourth-order valence-corrected chi connectivity index (χ4v) is 3.86. The first-order chi connectivity index (χ1) is 16.3. The molecule has 0 aliphatic carbocycles. The van der Waals surface area contributed by atoms with Gasteiger partial charge in [0.15, 0.2) is 0 Å². The number of hydrogen-bond donors (Lipinski definition) is 2. The highest BCUT2D eigenvalue weighted by molar-refractivity contribution is 5.99. The molecular formula is C28H39N3O4. The van der Waals surface area contributed by atoms with E-state index >= 15 is 0 Å². The van der Waals surface area contributed by atoms with E-state index in [2.05, 4.69) is 10.6 Å². The summed E-state index contributed by atoms with van der Waals surface area (Å²) in [7, 11) is 0. The zero-order chi connectivity index (χ0) is 26.3. The highest BCUT2D eigenvalue weighted by atomic mass is 16.6. The molecule has 7 nitrogen and oxygen atoms in total. The maximum Gasteiger partial charge on any atom is 0.408 e. The number of amides is 3. The van der Waals surface area contributed by atoms with E-state index in [9.17, 15) is 14.4 Å². The summed E-state index contributed by atoms with van der Waals surface area (Å²) in [6, 6.07) is 12.2. The molecule has 2 unspecified atom stereocenters. The van der Waals surface area contributed by atoms with Crippen molar-refractivity contribution in [1.29, 1.82) is 0 Å². The number of rotatable bonds is 8. The van der Waals surface area contributed by atoms with Gasteiger partial charge in [-0.1, -0.05) is 48.9 Å². The van der Waals surface area contributed by atoms with Crippen molar-refractivity contribution in [1.82, 2.24) is 10.2 Å². The van der Waals surface area contributed by atoms with Crippen LogP contribution in [0, 0.1) is 20.8 Å². The normalized spacial score (nSPS) is 12.9. The topological polar surface area (TPSA) is 87.7 Å². The molecule has 2 aromatic carbocycles. The molecule has 2 N–H and O–H groups in total. The van der Waals surface area contributed by atoms with Crippen molar-refractivity contribution in [2.75, 3.05) is 11.9 Å². The molecule has 0 fully saturated rings. The lowest BCUT2D eigenvalue weighted by Gasteiger charge is -2.36. The third-order valence-corrected chi connectivity index (χ3v) is 5.79. The molecule has 0 heterocycles. The molecule has 0 radical (unpaired) electrons. The summed E-state index contributed by atoms with van der Waals surface area (Å²) in [5, 5.41) is 5.56. The monoisotopic (exact) mass is 481 g/mol. The first kappa shape index (κ1) is 27.9. The summed E-state index contributed by atoms with van der Waals surface area (Å²) >= 11 is 0. The van der Waals surface area contributed by atoms with Gasteiger partial charge >= 0.3 is 6.09 Å². The number of carbonyl (C=O) groups excluding carboxylic acids is 3. The van der Waals surface area contributed by atoms with Gasteiger partial charge in [-0.25, -0.2) is 4.79 Å². The van der Waals surface area contributed by atoms with Gasteiger partial charge in [-0.3, -0.25) is 9.59 Å². The van der Waals surface area contributed by atoms with Crippen molar-refractivity contribution in [2.45, 2.75) is 79.5 Å². The fourth-order valence-electron chi connectivity index (χ4n) is 3.86. The SMILES string of the molecule is CCC(C)N(C(=O)CNC(=O)OC(C)(C)C)C(C(=O)Nc1ccccc1C)c1ccc(C)cc1C. The molecule has 35 heavy (non-hydrogen) atoms. The van der Waals surface area contributed by atoms with Crippen molar-refractivity contribution in [3.8, 4) is 0 Å². The molecule has 2 aromatic rings. The van der Waals surface area contributed by atoms with Crippen LogP contribution in [-0.2, 0) is 14.3 Å². The van der Waals surface area contributed by atoms with Gasteiger partial charge in [0.2, 0.25) is 5.91 Å². The molecule has 0 bridgehead atoms. The summed E-state index contributed by atoms with van der Waals surface area (Å²) in [4.78, 5) is 41.0. The Morgan fingerprint density at radius 3 is 2.23 bits per heavy atom. The quantitative estimate of drug-likeness (QED) is 0.525. The zero-order valence-corrected chi connectivity index (χ0v) is 22.2. The number of hydrogen-bond acceptors (Lipinski definition) is 4. The molecule has 0 saturated heterocycles. The van der Waals surface area contributed by atoms with Crippen LogP contribution in [0.2, 0.25) is 0 Å². The second-order valence-corrected chi connectivity index (χ2v) is 9.98. The second-order valence-electron chi connectivity index (χ2n) is 9.98. The number of ether oxygens (including phenoxy) is 1. The summed E-state index contributed by atoms with van der Waals surface area (Å²) in [6.45, 7) is 14.7. The molecule has 0 aliphatic rings. The van der Waals surface area contributed by atoms with Crippen LogP contribution < -0.4 is 10.6 Å². The maximum atomic E-state index is 13.8. The van der Waals surface area contributed by atoms with Crippen molar-refractivity contribution < 1.29 is 19.1 Å². The van der Waals surface area contributed by atoms with E-state index in [-0.39, 0.29) is 24.4 Å². The number of para-hydroxylation sites is 1. The summed E-state index contributed by atoms with van der Waals surface area (Å²) < 4.78 is 5.27. The third-order valence-electron chi connectivity index (χ3n) is 5.79. The van der Waals surface area contributed by atoms with Gasteiger partial charge in [0.05, 0.1) is 0 Å². The van der Waals surface area contributed by atoms with Gasteiger partial charge in [0, 0.05) is 11.7 Å². The number of benzene rings is 2. The Morgan fingerprint density at radius 1 is 1.00 bits per heavy atom. The highest BCUT2D eigenvalue weighted by Crippen LogP contribution is 2.30. The van der Waals surface area contributed by atoms with Gasteiger partial charge in [0.1, 0.15) is 18.2 Å². The molecule has 2 rings (SSSR count). The van der Waals surface area contributed by atoms with Crippen LogP contribution in [0.25, 0.3) is 0 Å². The van der Waals surface area contributed by atoms with E-state index in [0.717, 1.165) is 22.3 Å². The Morgan fingerprint density at radius 2 is 1.66 bits per heavy atom. The molecule has 0 spiro atoms. The third kappa shape index (κ3) is 7.84. The number of anilines is 1. The van der Waals surface area contributed by atoms with E-state index < -0.39 is 17.7 Å². The minimum Gasteiger partial charge on any atom is -0.444 e. The summed E-state index contributed by atoms with van der Waals surface area (Å²) in [5.74, 6) is -0.674. The van der Waals surface area contributed by atoms with Crippen LogP contribution >= 0.6 is 0 Å². The van der Waals surface area contributed by atoms with E-state index in [1.807, 2.05) is 77.1 Å². The smallest absolute Gasteiger partial charge is 0.408 e. The summed E-state index contributed by atoms with van der Waals surface area (Å²) in [6.07, 6.45) is -0.0422. The van der Waals surface area contributed by atoms with Gasteiger partial charge in [-0.05, 0) is 77.6 Å². The zero-order valence-electron chi connectivity index (χ0n) is 22.2. The molecule has 190 valence electrons. The first-order valence-electron chi connectivity index (χ1n) is 12.1. The van der Waals surface area contributed by atoms with Crippen LogP contribution in [0.3, 0.4) is 0 Å². The van der Waals surface area contributed by atoms with E-state index in [4.69, 9.17) is 4.74 Å². The number of aryl methyl sites for hydroxylation is 3. The number of carbonyl (C=O) groups is 3. The number of nitrogens with one attached hydrogen (secondary N) is 2. The van der Waals surface area contributed by atoms with E-state index in [1.54, 1.807) is 25.7 Å². The van der Waals surface area contributed by atoms with Crippen LogP contribution in [0.1, 0.15) is 69.3 Å². The van der Waals surface area contributed by atoms with Gasteiger partial charge in [0.25, 0.3) is 5.91 Å². The van der Waals surface area contributed by atoms with Gasteiger partial charge in [-0.2, -0.15) is 0 Å². The Balaban J connectivity index is 2.45. The molecule has 7 heteroatoms. The lowest BCUT2D eigenvalue weighted by atomic mass is 9.95. The molecule has 0 saturated carbocycles. The molecule has 0 aliphatic heterocycles. The molecule has 2 atom stereocenters. The summed E-state index contributed by atoms with van der Waals surface area (Å²) in [5.41, 5.74) is 3.66.